The molecule has 0 bridgehead atoms. The number of aromatic nitrogens is 2. The zero-order chi connectivity index (χ0) is 21.0. The van der Waals surface area contributed by atoms with Crippen molar-refractivity contribution in [3.8, 4) is 0 Å². The van der Waals surface area contributed by atoms with Gasteiger partial charge in [-0.3, -0.25) is 14.9 Å². The van der Waals surface area contributed by atoms with Crippen molar-refractivity contribution in [2.75, 3.05) is 17.7 Å². The number of aryl methyl sites for hydroxylation is 1. The number of benzene rings is 2. The average Bonchev–Trinajstić information content (AvgIpc) is 2.70. The van der Waals surface area contributed by atoms with Gasteiger partial charge < -0.3 is 16.0 Å². The number of para-hydroxylation sites is 1. The molecule has 0 atom stereocenters. The van der Waals surface area contributed by atoms with Crippen LogP contribution in [0.5, 0.6) is 0 Å². The maximum absolute atomic E-state index is 12.1. The highest BCUT2D eigenvalue weighted by Crippen LogP contribution is 2.28. The molecule has 1 heterocycles. The van der Waals surface area contributed by atoms with Crippen LogP contribution in [0.25, 0.3) is 0 Å². The van der Waals surface area contributed by atoms with Crippen molar-refractivity contribution in [3.05, 3.63) is 74.9 Å². The van der Waals surface area contributed by atoms with Gasteiger partial charge in [0.25, 0.3) is 11.6 Å². The SMILES string of the molecule is CNC(=O)c1ccccc1Nc1nc(Nc2cc(C)cc([N+](=O)[O-])c2)ncc1Cl. The van der Waals surface area contributed by atoms with Crippen LogP contribution in [0.2, 0.25) is 5.02 Å². The first-order chi connectivity index (χ1) is 13.9. The lowest BCUT2D eigenvalue weighted by atomic mass is 10.1. The van der Waals surface area contributed by atoms with Crippen LogP contribution in [0, 0.1) is 17.0 Å². The molecule has 0 aliphatic carbocycles. The van der Waals surface area contributed by atoms with E-state index in [9.17, 15) is 14.9 Å². The highest BCUT2D eigenvalue weighted by Gasteiger charge is 2.13. The summed E-state index contributed by atoms with van der Waals surface area (Å²) < 4.78 is 0. The smallest absolute Gasteiger partial charge is 0.271 e. The minimum absolute atomic E-state index is 0.0423. The largest absolute Gasteiger partial charge is 0.355 e. The van der Waals surface area contributed by atoms with Crippen LogP contribution in [0.1, 0.15) is 15.9 Å². The molecule has 0 unspecified atom stereocenters. The van der Waals surface area contributed by atoms with Crippen molar-refractivity contribution in [3.63, 3.8) is 0 Å². The molecule has 1 amide bonds. The third-order valence-corrected chi connectivity index (χ3v) is 4.20. The Morgan fingerprint density at radius 1 is 1.17 bits per heavy atom. The number of rotatable bonds is 6. The average molecular weight is 413 g/mol. The van der Waals surface area contributed by atoms with Crippen molar-refractivity contribution in [1.82, 2.24) is 15.3 Å². The number of nitro groups is 1. The Labute approximate surface area is 171 Å². The van der Waals surface area contributed by atoms with Crippen LogP contribution in [0.15, 0.2) is 48.7 Å². The zero-order valence-electron chi connectivity index (χ0n) is 15.6. The van der Waals surface area contributed by atoms with E-state index in [2.05, 4.69) is 25.9 Å². The van der Waals surface area contributed by atoms with Gasteiger partial charge in [-0.25, -0.2) is 4.98 Å². The molecule has 0 spiro atoms. The number of nitrogens with zero attached hydrogens (tertiary/aromatic N) is 3. The number of halogens is 1. The standard InChI is InChI=1S/C19H17ClN6O3/c1-11-7-12(9-13(8-11)26(28)29)23-19-22-10-15(20)17(25-19)24-16-6-4-3-5-14(16)18(27)21-2/h3-10H,1-2H3,(H,21,27)(H2,22,23,24,25). The quantitative estimate of drug-likeness (QED) is 0.409. The molecule has 0 aliphatic rings. The van der Waals surface area contributed by atoms with Gasteiger partial charge in [0.2, 0.25) is 5.95 Å². The summed E-state index contributed by atoms with van der Waals surface area (Å²) in [5.41, 5.74) is 2.08. The summed E-state index contributed by atoms with van der Waals surface area (Å²) in [6.45, 7) is 1.75. The highest BCUT2D eigenvalue weighted by atomic mass is 35.5. The molecule has 148 valence electrons. The molecule has 29 heavy (non-hydrogen) atoms. The Hall–Kier alpha value is -3.72. The fraction of sp³-hybridized carbons (Fsp3) is 0.105. The molecule has 3 rings (SSSR count). The molecule has 10 heteroatoms. The van der Waals surface area contributed by atoms with E-state index in [4.69, 9.17) is 11.6 Å². The second kappa shape index (κ2) is 8.53. The first-order valence-electron chi connectivity index (χ1n) is 8.51. The number of nitrogens with one attached hydrogen (secondary N) is 3. The number of carbonyl (C=O) groups is 1. The normalized spacial score (nSPS) is 10.3. The molecular weight excluding hydrogens is 396 g/mol. The molecule has 0 radical (unpaired) electrons. The minimum atomic E-state index is -0.469. The Bertz CT molecular complexity index is 1090. The Balaban J connectivity index is 1.90. The molecule has 0 aliphatic heterocycles. The summed E-state index contributed by atoms with van der Waals surface area (Å²) in [6, 6.07) is 11.5. The Morgan fingerprint density at radius 3 is 2.66 bits per heavy atom. The van der Waals surface area contributed by atoms with Gasteiger partial charge in [-0.1, -0.05) is 23.7 Å². The lowest BCUT2D eigenvalue weighted by molar-refractivity contribution is -0.384. The number of hydrogen-bond donors (Lipinski definition) is 3. The van der Waals surface area contributed by atoms with Crippen LogP contribution in [0.4, 0.5) is 28.8 Å². The van der Waals surface area contributed by atoms with E-state index < -0.39 is 4.92 Å². The molecule has 9 nitrogen and oxygen atoms in total. The summed E-state index contributed by atoms with van der Waals surface area (Å²) in [4.78, 5) is 31.1. The number of carbonyl (C=O) groups excluding carboxylic acids is 1. The lowest BCUT2D eigenvalue weighted by Gasteiger charge is -2.13. The number of anilines is 4. The van der Waals surface area contributed by atoms with Crippen molar-refractivity contribution >= 4 is 46.3 Å². The fourth-order valence-corrected chi connectivity index (χ4v) is 2.78. The molecule has 0 saturated heterocycles. The number of non-ortho nitro benzene ring substituents is 1. The van der Waals surface area contributed by atoms with Gasteiger partial charge in [0.05, 0.1) is 22.4 Å². The number of nitro benzene ring substituents is 1. The molecule has 3 N–H and O–H groups in total. The van der Waals surface area contributed by atoms with E-state index in [0.717, 1.165) is 0 Å². The van der Waals surface area contributed by atoms with E-state index in [-0.39, 0.29) is 28.4 Å². The summed E-state index contributed by atoms with van der Waals surface area (Å²) >= 11 is 6.20. The predicted octanol–water partition coefficient (Wildman–Crippen LogP) is 4.19. The maximum atomic E-state index is 12.1. The van der Waals surface area contributed by atoms with Gasteiger partial charge >= 0.3 is 0 Å². The van der Waals surface area contributed by atoms with Crippen LogP contribution < -0.4 is 16.0 Å². The molecular formula is C19H17ClN6O3. The van der Waals surface area contributed by atoms with Gasteiger partial charge in [-0.2, -0.15) is 4.98 Å². The van der Waals surface area contributed by atoms with Crippen LogP contribution in [-0.2, 0) is 0 Å². The second-order valence-corrected chi connectivity index (χ2v) is 6.49. The van der Waals surface area contributed by atoms with Gasteiger partial charge in [-0.05, 0) is 30.7 Å². The Morgan fingerprint density at radius 2 is 1.93 bits per heavy atom. The van der Waals surface area contributed by atoms with Crippen molar-refractivity contribution < 1.29 is 9.72 Å². The van der Waals surface area contributed by atoms with Gasteiger partial charge in [-0.15, -0.1) is 0 Å². The number of hydrogen-bond acceptors (Lipinski definition) is 7. The third-order valence-electron chi connectivity index (χ3n) is 3.93. The van der Waals surface area contributed by atoms with Crippen LogP contribution in [-0.4, -0.2) is 27.8 Å². The van der Waals surface area contributed by atoms with E-state index in [1.165, 1.54) is 18.3 Å². The maximum Gasteiger partial charge on any atom is 0.271 e. The monoisotopic (exact) mass is 412 g/mol. The first-order valence-corrected chi connectivity index (χ1v) is 8.89. The summed E-state index contributed by atoms with van der Waals surface area (Å²) in [5.74, 6) is 0.209. The molecule has 0 saturated carbocycles. The predicted molar refractivity (Wildman–Crippen MR) is 111 cm³/mol. The van der Waals surface area contributed by atoms with Gasteiger partial charge in [0.15, 0.2) is 5.82 Å². The Kier molecular flexibility index (Phi) is 5.89. The topological polar surface area (TPSA) is 122 Å². The highest BCUT2D eigenvalue weighted by molar-refractivity contribution is 6.33. The van der Waals surface area contributed by atoms with Gasteiger partial charge in [0.1, 0.15) is 5.02 Å². The second-order valence-electron chi connectivity index (χ2n) is 6.08. The van der Waals surface area contributed by atoms with E-state index in [1.807, 2.05) is 0 Å². The first kappa shape index (κ1) is 20.0. The third kappa shape index (κ3) is 4.77. The molecule has 1 aromatic heterocycles. The van der Waals surface area contributed by atoms with E-state index >= 15 is 0 Å². The molecule has 3 aromatic rings. The zero-order valence-corrected chi connectivity index (χ0v) is 16.3. The summed E-state index contributed by atoms with van der Waals surface area (Å²) in [5, 5.41) is 19.8. The van der Waals surface area contributed by atoms with Crippen molar-refractivity contribution in [1.29, 1.82) is 0 Å². The minimum Gasteiger partial charge on any atom is -0.355 e. The van der Waals surface area contributed by atoms with Gasteiger partial charge in [0, 0.05) is 24.9 Å². The van der Waals surface area contributed by atoms with E-state index in [1.54, 1.807) is 44.3 Å². The number of amides is 1. The van der Waals surface area contributed by atoms with Crippen molar-refractivity contribution in [2.45, 2.75) is 6.92 Å². The molecule has 0 fully saturated rings. The van der Waals surface area contributed by atoms with E-state index in [0.29, 0.717) is 22.5 Å². The van der Waals surface area contributed by atoms with Crippen LogP contribution >= 0.6 is 11.6 Å². The van der Waals surface area contributed by atoms with Crippen molar-refractivity contribution in [2.24, 2.45) is 0 Å². The summed E-state index contributed by atoms with van der Waals surface area (Å²) in [6.07, 6.45) is 1.39. The lowest BCUT2D eigenvalue weighted by Crippen LogP contribution is -2.19. The van der Waals surface area contributed by atoms with Crippen LogP contribution in [0.3, 0.4) is 0 Å². The summed E-state index contributed by atoms with van der Waals surface area (Å²) in [7, 11) is 1.54. The molecule has 2 aromatic carbocycles. The fourth-order valence-electron chi connectivity index (χ4n) is 2.64.